The summed E-state index contributed by atoms with van der Waals surface area (Å²) in [6, 6.07) is 0. The SMILES string of the molecule is C=C=C(CCCCCC(CCCCCCCCCCCC)CN(C)C)OCCC=C. The Balaban J connectivity index is 3.80. The van der Waals surface area contributed by atoms with Crippen LogP contribution in [-0.2, 0) is 4.74 Å². The number of hydrogen-bond acceptors (Lipinski definition) is 2. The molecule has 2 heteroatoms. The standard InChI is InChI=1S/C28H53NO/c1-6-9-11-12-13-14-15-16-17-19-22-27(26-29(4)5)23-20-18-21-24-28(8-3)30-25-10-7-2/h7,27H,2-3,6,9-26H2,1,4-5H3. The summed E-state index contributed by atoms with van der Waals surface area (Å²) >= 11 is 0. The van der Waals surface area contributed by atoms with E-state index in [0.717, 1.165) is 24.5 Å². The number of rotatable bonds is 23. The van der Waals surface area contributed by atoms with Crippen LogP contribution in [0, 0.1) is 5.92 Å². The van der Waals surface area contributed by atoms with E-state index in [0.29, 0.717) is 6.61 Å². The summed E-state index contributed by atoms with van der Waals surface area (Å²) in [7, 11) is 4.43. The molecule has 1 atom stereocenters. The maximum Gasteiger partial charge on any atom is 0.137 e. The quantitative estimate of drug-likeness (QED) is 0.0710. The van der Waals surface area contributed by atoms with E-state index in [1.807, 2.05) is 6.08 Å². The fraction of sp³-hybridized carbons (Fsp3) is 0.821. The minimum atomic E-state index is 0.700. The summed E-state index contributed by atoms with van der Waals surface area (Å²) in [4.78, 5) is 2.37. The van der Waals surface area contributed by atoms with Gasteiger partial charge < -0.3 is 9.64 Å². The molecule has 0 aromatic rings. The zero-order chi connectivity index (χ0) is 22.3. The van der Waals surface area contributed by atoms with Crippen LogP contribution in [0.4, 0.5) is 0 Å². The Morgan fingerprint density at radius 3 is 1.90 bits per heavy atom. The summed E-state index contributed by atoms with van der Waals surface area (Å²) in [5.41, 5.74) is 2.95. The molecule has 0 saturated carbocycles. The van der Waals surface area contributed by atoms with Crippen LogP contribution in [0.15, 0.2) is 30.7 Å². The molecule has 0 aliphatic rings. The molecule has 2 nitrogen and oxygen atoms in total. The molecule has 0 aromatic heterocycles. The summed E-state index contributed by atoms with van der Waals surface area (Å²) in [5.74, 6) is 1.78. The van der Waals surface area contributed by atoms with Crippen LogP contribution in [0.2, 0.25) is 0 Å². The highest BCUT2D eigenvalue weighted by Gasteiger charge is 2.10. The van der Waals surface area contributed by atoms with Gasteiger partial charge in [0.25, 0.3) is 0 Å². The molecule has 0 amide bonds. The molecule has 176 valence electrons. The van der Waals surface area contributed by atoms with Crippen molar-refractivity contribution in [3.05, 3.63) is 30.7 Å². The highest BCUT2D eigenvalue weighted by Crippen LogP contribution is 2.20. The molecule has 0 saturated heterocycles. The van der Waals surface area contributed by atoms with Crippen molar-refractivity contribution in [2.45, 2.75) is 116 Å². The number of hydrogen-bond donors (Lipinski definition) is 0. The van der Waals surface area contributed by atoms with Crippen LogP contribution in [-0.4, -0.2) is 32.1 Å². The molecule has 30 heavy (non-hydrogen) atoms. The Hall–Kier alpha value is -0.980. The van der Waals surface area contributed by atoms with Crippen molar-refractivity contribution in [1.82, 2.24) is 4.90 Å². The molecule has 0 aromatic carbocycles. The second-order valence-electron chi connectivity index (χ2n) is 9.22. The van der Waals surface area contributed by atoms with Crippen LogP contribution >= 0.6 is 0 Å². The van der Waals surface area contributed by atoms with E-state index in [9.17, 15) is 0 Å². The lowest BCUT2D eigenvalue weighted by molar-refractivity contribution is 0.206. The predicted octanol–water partition coefficient (Wildman–Crippen LogP) is 8.69. The molecule has 0 radical (unpaired) electrons. The average molecular weight is 420 g/mol. The Morgan fingerprint density at radius 2 is 1.40 bits per heavy atom. The molecule has 0 bridgehead atoms. The lowest BCUT2D eigenvalue weighted by atomic mass is 9.93. The lowest BCUT2D eigenvalue weighted by Gasteiger charge is -2.21. The molecule has 1 unspecified atom stereocenters. The van der Waals surface area contributed by atoms with Gasteiger partial charge in [0.05, 0.1) is 6.61 Å². The zero-order valence-electron chi connectivity index (χ0n) is 20.9. The van der Waals surface area contributed by atoms with Gasteiger partial charge >= 0.3 is 0 Å². The lowest BCUT2D eigenvalue weighted by Crippen LogP contribution is -2.21. The first kappa shape index (κ1) is 29.0. The second kappa shape index (κ2) is 22.7. The van der Waals surface area contributed by atoms with Gasteiger partial charge in [0.15, 0.2) is 0 Å². The maximum absolute atomic E-state index is 5.69. The van der Waals surface area contributed by atoms with Gasteiger partial charge in [-0.1, -0.05) is 102 Å². The van der Waals surface area contributed by atoms with Crippen molar-refractivity contribution in [2.24, 2.45) is 5.92 Å². The number of ether oxygens (including phenoxy) is 1. The van der Waals surface area contributed by atoms with Crippen molar-refractivity contribution in [3.8, 4) is 0 Å². The molecule has 0 aliphatic carbocycles. The van der Waals surface area contributed by atoms with E-state index in [2.05, 4.69) is 44.8 Å². The monoisotopic (exact) mass is 419 g/mol. The van der Waals surface area contributed by atoms with Crippen LogP contribution in [0.3, 0.4) is 0 Å². The van der Waals surface area contributed by atoms with E-state index in [-0.39, 0.29) is 0 Å². The smallest absolute Gasteiger partial charge is 0.137 e. The van der Waals surface area contributed by atoms with Gasteiger partial charge in [0, 0.05) is 13.0 Å². The molecule has 0 heterocycles. The fourth-order valence-electron chi connectivity index (χ4n) is 4.14. The summed E-state index contributed by atoms with van der Waals surface area (Å²) in [6.45, 7) is 11.7. The third-order valence-corrected chi connectivity index (χ3v) is 5.90. The average Bonchev–Trinajstić information content (AvgIpc) is 2.73. The third-order valence-electron chi connectivity index (χ3n) is 5.90. The highest BCUT2D eigenvalue weighted by atomic mass is 16.5. The first-order chi connectivity index (χ1) is 14.6. The van der Waals surface area contributed by atoms with Crippen molar-refractivity contribution < 1.29 is 4.74 Å². The van der Waals surface area contributed by atoms with Gasteiger partial charge in [-0.15, -0.1) is 6.58 Å². The summed E-state index contributed by atoms with van der Waals surface area (Å²) in [6.07, 6.45) is 24.6. The van der Waals surface area contributed by atoms with Crippen molar-refractivity contribution in [3.63, 3.8) is 0 Å². The van der Waals surface area contributed by atoms with Crippen LogP contribution < -0.4 is 0 Å². The third kappa shape index (κ3) is 20.3. The fourth-order valence-corrected chi connectivity index (χ4v) is 4.14. The van der Waals surface area contributed by atoms with Gasteiger partial charge in [-0.2, -0.15) is 0 Å². The molecule has 0 spiro atoms. The summed E-state index contributed by atoms with van der Waals surface area (Å²) < 4.78 is 5.69. The normalized spacial score (nSPS) is 12.0. The van der Waals surface area contributed by atoms with Crippen LogP contribution in [0.5, 0.6) is 0 Å². The molecule has 0 rings (SSSR count). The van der Waals surface area contributed by atoms with Gasteiger partial charge in [-0.25, -0.2) is 0 Å². The van der Waals surface area contributed by atoms with Crippen LogP contribution in [0.1, 0.15) is 116 Å². The van der Waals surface area contributed by atoms with Crippen molar-refractivity contribution in [2.75, 3.05) is 27.2 Å². The Kier molecular flexibility index (Phi) is 22.0. The molecule has 0 aliphatic heterocycles. The zero-order valence-corrected chi connectivity index (χ0v) is 20.9. The van der Waals surface area contributed by atoms with E-state index in [4.69, 9.17) is 4.74 Å². The number of allylic oxidation sites excluding steroid dienone is 1. The predicted molar refractivity (Wildman–Crippen MR) is 135 cm³/mol. The second-order valence-corrected chi connectivity index (χ2v) is 9.22. The largest absolute Gasteiger partial charge is 0.490 e. The van der Waals surface area contributed by atoms with Gasteiger partial charge in [-0.05, 0) is 45.7 Å². The number of nitrogens with zero attached hydrogens (tertiary/aromatic N) is 1. The Bertz CT molecular complexity index is 422. The van der Waals surface area contributed by atoms with E-state index >= 15 is 0 Å². The minimum Gasteiger partial charge on any atom is -0.490 e. The molecule has 0 fully saturated rings. The maximum atomic E-state index is 5.69. The first-order valence-corrected chi connectivity index (χ1v) is 12.9. The molecule has 0 N–H and O–H groups in total. The Labute approximate surface area is 189 Å². The minimum absolute atomic E-state index is 0.700. The number of unbranched alkanes of at least 4 members (excludes halogenated alkanes) is 11. The molecular weight excluding hydrogens is 366 g/mol. The van der Waals surface area contributed by atoms with Gasteiger partial charge in [0.2, 0.25) is 0 Å². The summed E-state index contributed by atoms with van der Waals surface area (Å²) in [5, 5.41) is 0. The molecular formula is C28H53NO. The van der Waals surface area contributed by atoms with Crippen molar-refractivity contribution >= 4 is 0 Å². The first-order valence-electron chi connectivity index (χ1n) is 12.9. The van der Waals surface area contributed by atoms with E-state index < -0.39 is 0 Å². The Morgan fingerprint density at radius 1 is 0.867 bits per heavy atom. The highest BCUT2D eigenvalue weighted by molar-refractivity contribution is 4.89. The van der Waals surface area contributed by atoms with Gasteiger partial charge in [-0.3, -0.25) is 0 Å². The van der Waals surface area contributed by atoms with Crippen LogP contribution in [0.25, 0.3) is 0 Å². The topological polar surface area (TPSA) is 12.5 Å². The van der Waals surface area contributed by atoms with Gasteiger partial charge in [0.1, 0.15) is 5.76 Å². The van der Waals surface area contributed by atoms with Crippen molar-refractivity contribution in [1.29, 1.82) is 0 Å². The van der Waals surface area contributed by atoms with E-state index in [1.54, 1.807) is 0 Å². The van der Waals surface area contributed by atoms with E-state index in [1.165, 1.54) is 103 Å².